The van der Waals surface area contributed by atoms with Crippen molar-refractivity contribution in [2.75, 3.05) is 24.2 Å². The maximum absolute atomic E-state index is 6.04. The normalized spacial score (nSPS) is 10.3. The van der Waals surface area contributed by atoms with E-state index in [0.717, 1.165) is 24.3 Å². The lowest BCUT2D eigenvalue weighted by molar-refractivity contribution is 0.870. The molecule has 0 saturated carbocycles. The van der Waals surface area contributed by atoms with Crippen LogP contribution in [0, 0.1) is 6.92 Å². The Morgan fingerprint density at radius 2 is 2.06 bits per heavy atom. The van der Waals surface area contributed by atoms with Crippen molar-refractivity contribution in [1.82, 2.24) is 4.98 Å². The number of aromatic nitrogens is 1. The number of nitrogens with two attached hydrogens (primary N) is 1. The fourth-order valence-electron chi connectivity index (χ4n) is 2.16. The predicted molar refractivity (Wildman–Crippen MR) is 76.8 cm³/mol. The minimum absolute atomic E-state index is 0.837. The topological polar surface area (TPSA) is 42.1 Å². The van der Waals surface area contributed by atoms with Gasteiger partial charge in [0.1, 0.15) is 0 Å². The zero-order chi connectivity index (χ0) is 13.0. The molecule has 2 aromatic rings. The van der Waals surface area contributed by atoms with Gasteiger partial charge < -0.3 is 10.6 Å². The second-order valence-electron chi connectivity index (χ2n) is 4.55. The standard InChI is InChI=1S/C15H19N3/c1-12-5-3-7-14(16)15(12)18(2)10-8-13-6-4-9-17-11-13/h3-7,9,11H,8,10,16H2,1-2H3. The van der Waals surface area contributed by atoms with Crippen LogP contribution in [0.2, 0.25) is 0 Å². The van der Waals surface area contributed by atoms with Gasteiger partial charge in [-0.3, -0.25) is 4.98 Å². The first kappa shape index (κ1) is 12.4. The molecule has 0 aliphatic heterocycles. The molecule has 0 bridgehead atoms. The molecule has 1 aromatic carbocycles. The number of anilines is 2. The number of nitrogen functional groups attached to an aromatic ring is 1. The number of nitrogens with zero attached hydrogens (tertiary/aromatic N) is 2. The first-order chi connectivity index (χ1) is 8.68. The first-order valence-electron chi connectivity index (χ1n) is 6.13. The summed E-state index contributed by atoms with van der Waals surface area (Å²) in [7, 11) is 2.08. The molecule has 0 atom stereocenters. The SMILES string of the molecule is Cc1cccc(N)c1N(C)CCc1cccnc1. The molecule has 18 heavy (non-hydrogen) atoms. The zero-order valence-electron chi connectivity index (χ0n) is 10.9. The number of para-hydroxylation sites is 1. The van der Waals surface area contributed by atoms with E-state index in [1.807, 2.05) is 24.4 Å². The summed E-state index contributed by atoms with van der Waals surface area (Å²) in [6, 6.07) is 10.1. The van der Waals surface area contributed by atoms with E-state index in [-0.39, 0.29) is 0 Å². The van der Waals surface area contributed by atoms with Crippen LogP contribution in [0.25, 0.3) is 0 Å². The molecule has 3 nitrogen and oxygen atoms in total. The van der Waals surface area contributed by atoms with Crippen molar-refractivity contribution in [2.24, 2.45) is 0 Å². The Hall–Kier alpha value is -2.03. The number of pyridine rings is 1. The molecule has 0 radical (unpaired) electrons. The summed E-state index contributed by atoms with van der Waals surface area (Å²) >= 11 is 0. The lowest BCUT2D eigenvalue weighted by atomic mass is 10.1. The van der Waals surface area contributed by atoms with Crippen molar-refractivity contribution in [3.8, 4) is 0 Å². The van der Waals surface area contributed by atoms with Crippen molar-refractivity contribution in [3.63, 3.8) is 0 Å². The monoisotopic (exact) mass is 241 g/mol. The van der Waals surface area contributed by atoms with E-state index in [1.54, 1.807) is 6.20 Å². The van der Waals surface area contributed by atoms with Gasteiger partial charge in [0.2, 0.25) is 0 Å². The van der Waals surface area contributed by atoms with Gasteiger partial charge in [0.15, 0.2) is 0 Å². The number of aryl methyl sites for hydroxylation is 1. The van der Waals surface area contributed by atoms with Gasteiger partial charge in [0.05, 0.1) is 11.4 Å². The summed E-state index contributed by atoms with van der Waals surface area (Å²) in [6.45, 7) is 3.02. The number of hydrogen-bond acceptors (Lipinski definition) is 3. The van der Waals surface area contributed by atoms with Crippen LogP contribution in [0.15, 0.2) is 42.7 Å². The first-order valence-corrected chi connectivity index (χ1v) is 6.13. The molecule has 2 rings (SSSR count). The van der Waals surface area contributed by atoms with E-state index < -0.39 is 0 Å². The van der Waals surface area contributed by atoms with Crippen molar-refractivity contribution >= 4 is 11.4 Å². The Morgan fingerprint density at radius 3 is 2.72 bits per heavy atom. The summed E-state index contributed by atoms with van der Waals surface area (Å²) in [4.78, 5) is 6.33. The van der Waals surface area contributed by atoms with Gasteiger partial charge in [0, 0.05) is 26.0 Å². The van der Waals surface area contributed by atoms with Gasteiger partial charge in [-0.15, -0.1) is 0 Å². The molecule has 0 spiro atoms. The van der Waals surface area contributed by atoms with Gasteiger partial charge in [-0.1, -0.05) is 18.2 Å². The van der Waals surface area contributed by atoms with Crippen LogP contribution in [-0.2, 0) is 6.42 Å². The third-order valence-electron chi connectivity index (χ3n) is 3.11. The highest BCUT2D eigenvalue weighted by Gasteiger charge is 2.08. The number of rotatable bonds is 4. The molecule has 0 aliphatic rings. The summed E-state index contributed by atoms with van der Waals surface area (Å²) in [6.07, 6.45) is 4.68. The quantitative estimate of drug-likeness (QED) is 0.837. The Morgan fingerprint density at radius 1 is 1.22 bits per heavy atom. The molecule has 0 unspecified atom stereocenters. The third-order valence-corrected chi connectivity index (χ3v) is 3.11. The fourth-order valence-corrected chi connectivity index (χ4v) is 2.16. The van der Waals surface area contributed by atoms with Gasteiger partial charge >= 0.3 is 0 Å². The summed E-state index contributed by atoms with van der Waals surface area (Å²) in [5, 5.41) is 0. The van der Waals surface area contributed by atoms with Gasteiger partial charge in [-0.2, -0.15) is 0 Å². The molecule has 1 aromatic heterocycles. The largest absolute Gasteiger partial charge is 0.397 e. The molecule has 0 saturated heterocycles. The van der Waals surface area contributed by atoms with E-state index in [9.17, 15) is 0 Å². The van der Waals surface area contributed by atoms with Crippen LogP contribution in [0.5, 0.6) is 0 Å². The van der Waals surface area contributed by atoms with E-state index >= 15 is 0 Å². The van der Waals surface area contributed by atoms with Crippen LogP contribution in [0.3, 0.4) is 0 Å². The summed E-state index contributed by atoms with van der Waals surface area (Å²) in [5.74, 6) is 0. The maximum atomic E-state index is 6.04. The Labute approximate surface area is 108 Å². The maximum Gasteiger partial charge on any atom is 0.0627 e. The van der Waals surface area contributed by atoms with Crippen molar-refractivity contribution < 1.29 is 0 Å². The van der Waals surface area contributed by atoms with Crippen LogP contribution in [-0.4, -0.2) is 18.6 Å². The number of hydrogen-bond donors (Lipinski definition) is 1. The van der Waals surface area contributed by atoms with Crippen LogP contribution in [0.4, 0.5) is 11.4 Å². The van der Waals surface area contributed by atoms with Gasteiger partial charge in [0.25, 0.3) is 0 Å². The van der Waals surface area contributed by atoms with E-state index in [1.165, 1.54) is 11.1 Å². The molecule has 1 heterocycles. The zero-order valence-corrected chi connectivity index (χ0v) is 10.9. The van der Waals surface area contributed by atoms with Crippen molar-refractivity contribution in [3.05, 3.63) is 53.9 Å². The fraction of sp³-hybridized carbons (Fsp3) is 0.267. The third kappa shape index (κ3) is 2.80. The number of benzene rings is 1. The molecular formula is C15H19N3. The van der Waals surface area contributed by atoms with Gasteiger partial charge in [-0.25, -0.2) is 0 Å². The van der Waals surface area contributed by atoms with Crippen molar-refractivity contribution in [1.29, 1.82) is 0 Å². The Balaban J connectivity index is 2.06. The average molecular weight is 241 g/mol. The molecule has 94 valence electrons. The van der Waals surface area contributed by atoms with Gasteiger partial charge in [-0.05, 0) is 36.6 Å². The second kappa shape index (κ2) is 5.54. The molecule has 2 N–H and O–H groups in total. The van der Waals surface area contributed by atoms with E-state index in [0.29, 0.717) is 0 Å². The smallest absolute Gasteiger partial charge is 0.0627 e. The second-order valence-corrected chi connectivity index (χ2v) is 4.55. The molecule has 3 heteroatoms. The highest BCUT2D eigenvalue weighted by atomic mass is 15.1. The summed E-state index contributed by atoms with van der Waals surface area (Å²) in [5.41, 5.74) is 10.5. The van der Waals surface area contributed by atoms with E-state index in [2.05, 4.69) is 36.0 Å². The minimum atomic E-state index is 0.837. The molecular weight excluding hydrogens is 222 g/mol. The highest BCUT2D eigenvalue weighted by molar-refractivity contribution is 5.71. The lowest BCUT2D eigenvalue weighted by Crippen LogP contribution is -2.22. The minimum Gasteiger partial charge on any atom is -0.397 e. The van der Waals surface area contributed by atoms with E-state index in [4.69, 9.17) is 5.73 Å². The van der Waals surface area contributed by atoms with Crippen molar-refractivity contribution in [2.45, 2.75) is 13.3 Å². The Kier molecular flexibility index (Phi) is 3.82. The molecule has 0 amide bonds. The average Bonchev–Trinajstić information content (AvgIpc) is 2.37. The van der Waals surface area contributed by atoms with Crippen LogP contribution < -0.4 is 10.6 Å². The van der Waals surface area contributed by atoms with Crippen LogP contribution in [0.1, 0.15) is 11.1 Å². The van der Waals surface area contributed by atoms with Crippen LogP contribution >= 0.6 is 0 Å². The Bertz CT molecular complexity index is 488. The molecule has 0 fully saturated rings. The predicted octanol–water partition coefficient (Wildman–Crippen LogP) is 2.65. The number of likely N-dealkylation sites (N-methyl/N-ethyl adjacent to an activating group) is 1. The lowest BCUT2D eigenvalue weighted by Gasteiger charge is -2.23. The molecule has 0 aliphatic carbocycles. The highest BCUT2D eigenvalue weighted by Crippen LogP contribution is 2.26. The summed E-state index contributed by atoms with van der Waals surface area (Å²) < 4.78 is 0.